The number of anilines is 2. The van der Waals surface area contributed by atoms with Crippen LogP contribution in [0.3, 0.4) is 0 Å². The molecule has 1 aromatic carbocycles. The Balaban J connectivity index is 2.08. The molecule has 0 aliphatic carbocycles. The molecule has 7 heteroatoms. The van der Waals surface area contributed by atoms with E-state index < -0.39 is 11.7 Å². The Morgan fingerprint density at radius 1 is 1.33 bits per heavy atom. The first kappa shape index (κ1) is 13.0. The number of rotatable bonds is 2. The molecule has 0 radical (unpaired) electrons. The fraction of sp³-hybridized carbons (Fsp3) is 0.0714. The van der Waals surface area contributed by atoms with Gasteiger partial charge in [0.05, 0.1) is 10.9 Å². The molecule has 2 aromatic heterocycles. The first-order valence-corrected chi connectivity index (χ1v) is 6.19. The van der Waals surface area contributed by atoms with Crippen molar-refractivity contribution in [3.8, 4) is 0 Å². The minimum Gasteiger partial charge on any atom is -0.398 e. The summed E-state index contributed by atoms with van der Waals surface area (Å²) >= 11 is 0. The molecule has 0 bridgehead atoms. The van der Waals surface area contributed by atoms with Crippen molar-refractivity contribution in [1.82, 2.24) is 15.0 Å². The lowest BCUT2D eigenvalue weighted by Crippen LogP contribution is -2.29. The van der Waals surface area contributed by atoms with E-state index in [1.54, 1.807) is 12.3 Å². The molecule has 0 saturated carbocycles. The van der Waals surface area contributed by atoms with Gasteiger partial charge >= 0.3 is 0 Å². The molecule has 0 saturated heterocycles. The molecule has 106 valence electrons. The Labute approximate surface area is 119 Å². The Morgan fingerprint density at radius 3 is 2.90 bits per heavy atom. The third kappa shape index (κ3) is 2.08. The summed E-state index contributed by atoms with van der Waals surface area (Å²) in [7, 11) is 1.52. The Bertz CT molecular complexity index is 809. The van der Waals surface area contributed by atoms with Crippen molar-refractivity contribution in [3.63, 3.8) is 0 Å². The molecular formula is C14H12FN5O. The summed E-state index contributed by atoms with van der Waals surface area (Å²) in [5.41, 5.74) is 6.23. The van der Waals surface area contributed by atoms with Gasteiger partial charge in [0, 0.05) is 18.9 Å². The second-order valence-corrected chi connectivity index (χ2v) is 4.51. The summed E-state index contributed by atoms with van der Waals surface area (Å²) in [5, 5.41) is 0.670. The second-order valence-electron chi connectivity index (χ2n) is 4.51. The second kappa shape index (κ2) is 4.86. The predicted octanol–water partition coefficient (Wildman–Crippen LogP) is 1.96. The van der Waals surface area contributed by atoms with Crippen LogP contribution in [0.5, 0.6) is 0 Å². The molecule has 2 heterocycles. The Morgan fingerprint density at radius 2 is 2.14 bits per heavy atom. The van der Waals surface area contributed by atoms with Crippen LogP contribution in [0.4, 0.5) is 15.9 Å². The van der Waals surface area contributed by atoms with Crippen LogP contribution < -0.4 is 10.6 Å². The van der Waals surface area contributed by atoms with Gasteiger partial charge in [0.25, 0.3) is 5.91 Å². The Kier molecular flexibility index (Phi) is 3.02. The first-order valence-electron chi connectivity index (χ1n) is 6.19. The number of aromatic amines is 1. The fourth-order valence-corrected chi connectivity index (χ4v) is 2.16. The zero-order valence-corrected chi connectivity index (χ0v) is 11.2. The molecule has 3 N–H and O–H groups in total. The van der Waals surface area contributed by atoms with E-state index in [9.17, 15) is 9.18 Å². The molecule has 0 spiro atoms. The van der Waals surface area contributed by atoms with E-state index in [0.29, 0.717) is 16.9 Å². The average Bonchev–Trinajstić information content (AvgIpc) is 2.94. The van der Waals surface area contributed by atoms with Gasteiger partial charge in [-0.1, -0.05) is 6.07 Å². The fourth-order valence-electron chi connectivity index (χ4n) is 2.16. The third-order valence-electron chi connectivity index (χ3n) is 3.21. The van der Waals surface area contributed by atoms with Gasteiger partial charge in [-0.25, -0.2) is 14.4 Å². The van der Waals surface area contributed by atoms with Crippen LogP contribution in [0.1, 0.15) is 10.4 Å². The molecule has 1 amide bonds. The van der Waals surface area contributed by atoms with E-state index in [1.165, 1.54) is 36.5 Å². The molecule has 6 nitrogen and oxygen atoms in total. The highest BCUT2D eigenvalue weighted by Gasteiger charge is 2.22. The van der Waals surface area contributed by atoms with Gasteiger partial charge in [0.2, 0.25) is 0 Å². The molecule has 21 heavy (non-hydrogen) atoms. The van der Waals surface area contributed by atoms with Gasteiger partial charge in [0.1, 0.15) is 23.6 Å². The van der Waals surface area contributed by atoms with Crippen LogP contribution in [0.15, 0.2) is 36.8 Å². The molecule has 3 aromatic rings. The summed E-state index contributed by atoms with van der Waals surface area (Å²) in [4.78, 5) is 24.8. The number of halogens is 1. The van der Waals surface area contributed by atoms with Crippen molar-refractivity contribution in [1.29, 1.82) is 0 Å². The van der Waals surface area contributed by atoms with Gasteiger partial charge in [0.15, 0.2) is 0 Å². The summed E-state index contributed by atoms with van der Waals surface area (Å²) < 4.78 is 13.9. The number of amides is 1. The highest BCUT2D eigenvalue weighted by Crippen LogP contribution is 2.24. The number of aromatic nitrogens is 3. The van der Waals surface area contributed by atoms with Crippen LogP contribution >= 0.6 is 0 Å². The van der Waals surface area contributed by atoms with Crippen molar-refractivity contribution in [2.24, 2.45) is 0 Å². The minimum atomic E-state index is -0.661. The zero-order valence-electron chi connectivity index (χ0n) is 11.2. The number of H-pyrrole nitrogens is 1. The largest absolute Gasteiger partial charge is 0.398 e. The molecule has 0 aliphatic rings. The SMILES string of the molecule is CN(C(=O)c1c(N)cccc1F)c1ncnc2[nH]ccc12. The number of benzene rings is 1. The van der Waals surface area contributed by atoms with E-state index in [1.807, 2.05) is 0 Å². The maximum atomic E-state index is 13.9. The van der Waals surface area contributed by atoms with Crippen molar-refractivity contribution in [2.75, 3.05) is 17.7 Å². The number of carbonyl (C=O) groups excluding carboxylic acids is 1. The molecular weight excluding hydrogens is 273 g/mol. The molecule has 0 aliphatic heterocycles. The van der Waals surface area contributed by atoms with Crippen molar-refractivity contribution >= 4 is 28.4 Å². The highest BCUT2D eigenvalue weighted by molar-refractivity contribution is 6.11. The lowest BCUT2D eigenvalue weighted by molar-refractivity contribution is 0.0989. The normalized spacial score (nSPS) is 10.8. The van der Waals surface area contributed by atoms with Crippen LogP contribution in [0.2, 0.25) is 0 Å². The average molecular weight is 285 g/mol. The number of nitrogens with zero attached hydrogens (tertiary/aromatic N) is 3. The molecule has 0 fully saturated rings. The maximum absolute atomic E-state index is 13.9. The standard InChI is InChI=1S/C14H12FN5O/c1-20(13-8-5-6-17-12(8)18-7-19-13)14(21)11-9(15)3-2-4-10(11)16/h2-7H,16H2,1H3,(H,17,18,19). The Hall–Kier alpha value is -2.96. The van der Waals surface area contributed by atoms with Crippen molar-refractivity contribution in [2.45, 2.75) is 0 Å². The topological polar surface area (TPSA) is 87.9 Å². The first-order chi connectivity index (χ1) is 10.1. The number of nitrogens with two attached hydrogens (primary N) is 1. The number of carbonyl (C=O) groups is 1. The monoisotopic (exact) mass is 285 g/mol. The van der Waals surface area contributed by atoms with Crippen LogP contribution in [-0.2, 0) is 0 Å². The van der Waals surface area contributed by atoms with Crippen LogP contribution in [-0.4, -0.2) is 27.9 Å². The van der Waals surface area contributed by atoms with Crippen molar-refractivity contribution < 1.29 is 9.18 Å². The quantitative estimate of drug-likeness (QED) is 0.704. The summed E-state index contributed by atoms with van der Waals surface area (Å²) in [6.45, 7) is 0. The van der Waals surface area contributed by atoms with Gasteiger partial charge in [-0.2, -0.15) is 0 Å². The molecule has 0 unspecified atom stereocenters. The number of hydrogen-bond donors (Lipinski definition) is 2. The molecule has 3 rings (SSSR count). The minimum absolute atomic E-state index is 0.0891. The van der Waals surface area contributed by atoms with Gasteiger partial charge in [-0.05, 0) is 18.2 Å². The smallest absolute Gasteiger partial charge is 0.264 e. The van der Waals surface area contributed by atoms with E-state index in [2.05, 4.69) is 15.0 Å². The summed E-state index contributed by atoms with van der Waals surface area (Å²) in [6, 6.07) is 5.88. The number of fused-ring (bicyclic) bond motifs is 1. The lowest BCUT2D eigenvalue weighted by Gasteiger charge is -2.18. The van der Waals surface area contributed by atoms with E-state index >= 15 is 0 Å². The van der Waals surface area contributed by atoms with E-state index in [0.717, 1.165) is 0 Å². The summed E-state index contributed by atoms with van der Waals surface area (Å²) in [5.74, 6) is -0.841. The predicted molar refractivity (Wildman–Crippen MR) is 77.4 cm³/mol. The van der Waals surface area contributed by atoms with Crippen LogP contribution in [0, 0.1) is 5.82 Å². The summed E-state index contributed by atoms with van der Waals surface area (Å²) in [6.07, 6.45) is 3.03. The molecule has 0 atom stereocenters. The van der Waals surface area contributed by atoms with Gasteiger partial charge in [-0.15, -0.1) is 0 Å². The zero-order chi connectivity index (χ0) is 15.0. The number of hydrogen-bond acceptors (Lipinski definition) is 4. The lowest BCUT2D eigenvalue weighted by atomic mass is 10.1. The van der Waals surface area contributed by atoms with E-state index in [4.69, 9.17) is 5.73 Å². The van der Waals surface area contributed by atoms with Crippen LogP contribution in [0.25, 0.3) is 11.0 Å². The highest BCUT2D eigenvalue weighted by atomic mass is 19.1. The number of nitrogens with one attached hydrogen (secondary N) is 1. The van der Waals surface area contributed by atoms with Gasteiger partial charge < -0.3 is 10.7 Å². The van der Waals surface area contributed by atoms with Gasteiger partial charge in [-0.3, -0.25) is 9.69 Å². The number of nitrogen functional groups attached to an aromatic ring is 1. The maximum Gasteiger partial charge on any atom is 0.264 e. The van der Waals surface area contributed by atoms with Crippen molar-refractivity contribution in [3.05, 3.63) is 48.2 Å². The third-order valence-corrected chi connectivity index (χ3v) is 3.21. The van der Waals surface area contributed by atoms with E-state index in [-0.39, 0.29) is 11.3 Å².